The first-order chi connectivity index (χ1) is 28.9. The number of nitro groups is 1. The minimum atomic E-state index is -1.00. The molecule has 1 aromatic heterocycles. The van der Waals surface area contributed by atoms with Crippen LogP contribution in [-0.2, 0) is 29.5 Å². The van der Waals surface area contributed by atoms with E-state index in [2.05, 4.69) is 26.3 Å². The summed E-state index contributed by atoms with van der Waals surface area (Å²) >= 11 is 2.55. The third kappa shape index (κ3) is 8.62. The quantitative estimate of drug-likeness (QED) is 0.0263. The number of hydrogen-bond acceptors (Lipinski definition) is 14. The molecule has 2 aliphatic heterocycles. The lowest BCUT2D eigenvalue weighted by Gasteiger charge is -2.49. The van der Waals surface area contributed by atoms with E-state index in [1.165, 1.54) is 65.6 Å². The number of amides is 2. The van der Waals surface area contributed by atoms with E-state index < -0.39 is 45.9 Å². The number of carbonyl (C=O) groups excluding carboxylic acids is 3. The number of oxime groups is 1. The van der Waals surface area contributed by atoms with E-state index >= 15 is 0 Å². The Hall–Kier alpha value is -6.85. The SMILES string of the molecule is CON=C(C(=O)NC1C(=O)N2C(C(=O)OC(C)(C)C)=C(C=NNc3ccc([N+](=O)[O-])cc3)SCC12)c1csc(NC(c2ccccc2)(c2ccccc2)c2ccccc2)n1. The number of carbonyl (C=O) groups is 3. The predicted octanol–water partition coefficient (Wildman–Crippen LogP) is 6.90. The summed E-state index contributed by atoms with van der Waals surface area (Å²) in [7, 11) is 1.32. The Balaban J connectivity index is 1.12. The first kappa shape index (κ1) is 41.3. The maximum Gasteiger partial charge on any atom is 0.356 e. The minimum Gasteiger partial charge on any atom is -0.455 e. The van der Waals surface area contributed by atoms with E-state index in [1.54, 1.807) is 26.2 Å². The van der Waals surface area contributed by atoms with Gasteiger partial charge in [0.15, 0.2) is 10.8 Å². The van der Waals surface area contributed by atoms with Crippen molar-refractivity contribution in [2.24, 2.45) is 10.3 Å². The molecule has 15 nitrogen and oxygen atoms in total. The number of allylic oxidation sites excluding steroid dienone is 1. The van der Waals surface area contributed by atoms with Gasteiger partial charge in [-0.2, -0.15) is 5.10 Å². The van der Waals surface area contributed by atoms with Crippen molar-refractivity contribution in [2.75, 3.05) is 23.6 Å². The number of rotatable bonds is 14. The molecule has 306 valence electrons. The van der Waals surface area contributed by atoms with E-state index in [4.69, 9.17) is 14.6 Å². The Morgan fingerprint density at radius 3 is 2.03 bits per heavy atom. The van der Waals surface area contributed by atoms with Crippen molar-refractivity contribution in [3.63, 3.8) is 0 Å². The molecule has 0 saturated carbocycles. The van der Waals surface area contributed by atoms with Crippen LogP contribution in [0.15, 0.2) is 142 Å². The molecule has 2 unspecified atom stereocenters. The highest BCUT2D eigenvalue weighted by Gasteiger charge is 2.54. The number of ether oxygens (including phenoxy) is 1. The largest absolute Gasteiger partial charge is 0.455 e. The summed E-state index contributed by atoms with van der Waals surface area (Å²) in [5, 5.41) is 28.0. The Bertz CT molecular complexity index is 2370. The van der Waals surface area contributed by atoms with E-state index in [0.717, 1.165) is 16.7 Å². The molecule has 0 aliphatic carbocycles. The number of hydrogen-bond donors (Lipinski definition) is 3. The molecular formula is C43H40N8O7S2. The average molecular weight is 845 g/mol. The van der Waals surface area contributed by atoms with Gasteiger partial charge in [-0.3, -0.25) is 30.0 Å². The molecule has 2 amide bonds. The smallest absolute Gasteiger partial charge is 0.356 e. The number of fused-ring (bicyclic) bond motifs is 1. The van der Waals surface area contributed by atoms with Gasteiger partial charge in [-0.1, -0.05) is 96.2 Å². The molecular weight excluding hydrogens is 805 g/mol. The summed E-state index contributed by atoms with van der Waals surface area (Å²) in [6.45, 7) is 5.14. The molecule has 2 atom stereocenters. The van der Waals surface area contributed by atoms with E-state index in [-0.39, 0.29) is 22.8 Å². The normalized spacial score (nSPS) is 16.8. The van der Waals surface area contributed by atoms with Crippen molar-refractivity contribution in [3.8, 4) is 0 Å². The standard InChI is InChI=1S/C43H40N8O7S2/c1-42(2,3)58-40(54)37-34(24-44-48-30-20-22-31(23-21-30)51(55)56)59-26-33-36(39(53)50(33)37)46-38(52)35(49-57-4)32-25-60-41(45-32)47-43(27-14-8-5-9-15-27,28-16-10-6-11-17-28)29-18-12-7-13-19-29/h5-25,33,36,48H,26H2,1-4H3,(H,45,47)(H,46,52). The van der Waals surface area contributed by atoms with Crippen molar-refractivity contribution < 1.29 is 28.9 Å². The summed E-state index contributed by atoms with van der Waals surface area (Å²) in [4.78, 5) is 63.6. The van der Waals surface area contributed by atoms with Gasteiger partial charge in [0.2, 0.25) is 0 Å². The number of esters is 1. The van der Waals surface area contributed by atoms with Gasteiger partial charge in [0.05, 0.1) is 27.8 Å². The summed E-state index contributed by atoms with van der Waals surface area (Å²) in [6.07, 6.45) is 1.39. The van der Waals surface area contributed by atoms with Crippen LogP contribution in [0, 0.1) is 10.1 Å². The zero-order chi connectivity index (χ0) is 42.4. The third-order valence-electron chi connectivity index (χ3n) is 9.50. The Morgan fingerprint density at radius 2 is 1.50 bits per heavy atom. The molecule has 0 bridgehead atoms. The van der Waals surface area contributed by atoms with Crippen molar-refractivity contribution in [1.29, 1.82) is 0 Å². The van der Waals surface area contributed by atoms with Crippen molar-refractivity contribution in [2.45, 2.75) is 44.0 Å². The molecule has 4 aromatic carbocycles. The lowest BCUT2D eigenvalue weighted by atomic mass is 9.77. The number of nitro benzene ring substituents is 1. The second-order valence-electron chi connectivity index (χ2n) is 14.6. The van der Waals surface area contributed by atoms with Crippen LogP contribution in [0.3, 0.4) is 0 Å². The van der Waals surface area contributed by atoms with Gasteiger partial charge in [-0.05, 0) is 49.6 Å². The highest BCUT2D eigenvalue weighted by molar-refractivity contribution is 8.04. The number of nitrogens with one attached hydrogen (secondary N) is 3. The van der Waals surface area contributed by atoms with Crippen LogP contribution >= 0.6 is 23.1 Å². The minimum absolute atomic E-state index is 0.0179. The lowest BCUT2D eigenvalue weighted by molar-refractivity contribution is -0.384. The van der Waals surface area contributed by atoms with Crippen LogP contribution in [0.1, 0.15) is 43.2 Å². The zero-order valence-corrected chi connectivity index (χ0v) is 34.5. The number of non-ortho nitro benzene ring substituents is 1. The van der Waals surface area contributed by atoms with Crippen LogP contribution in [0.2, 0.25) is 0 Å². The molecule has 0 spiro atoms. The predicted molar refractivity (Wildman–Crippen MR) is 232 cm³/mol. The van der Waals surface area contributed by atoms with Gasteiger partial charge in [0, 0.05) is 23.3 Å². The van der Waals surface area contributed by atoms with Gasteiger partial charge < -0.3 is 20.2 Å². The summed E-state index contributed by atoms with van der Waals surface area (Å²) in [6, 6.07) is 34.1. The number of aromatic nitrogens is 1. The number of thiazole rings is 1. The molecule has 60 heavy (non-hydrogen) atoms. The van der Waals surface area contributed by atoms with Gasteiger partial charge in [-0.25, -0.2) is 9.78 Å². The fourth-order valence-electron chi connectivity index (χ4n) is 6.85. The molecule has 5 aromatic rings. The molecule has 7 rings (SSSR count). The number of hydrazone groups is 1. The maximum atomic E-state index is 14.0. The molecule has 3 heterocycles. The molecule has 0 radical (unpaired) electrons. The van der Waals surface area contributed by atoms with Crippen molar-refractivity contribution in [3.05, 3.63) is 164 Å². The van der Waals surface area contributed by atoms with Crippen LogP contribution in [0.25, 0.3) is 0 Å². The summed E-state index contributed by atoms with van der Waals surface area (Å²) in [5.41, 5.74) is 4.40. The van der Waals surface area contributed by atoms with E-state index in [0.29, 0.717) is 21.5 Å². The number of benzene rings is 4. The molecule has 1 saturated heterocycles. The van der Waals surface area contributed by atoms with E-state index in [1.807, 2.05) is 91.0 Å². The van der Waals surface area contributed by atoms with E-state index in [9.17, 15) is 24.5 Å². The van der Waals surface area contributed by atoms with Crippen LogP contribution in [-0.4, -0.2) is 75.1 Å². The second kappa shape index (κ2) is 17.6. The molecule has 2 aliphatic rings. The first-order valence-corrected chi connectivity index (χ1v) is 20.6. The monoisotopic (exact) mass is 844 g/mol. The van der Waals surface area contributed by atoms with Gasteiger partial charge in [0.1, 0.15) is 35.7 Å². The average Bonchev–Trinajstić information content (AvgIpc) is 3.71. The number of anilines is 2. The fourth-order valence-corrected chi connectivity index (χ4v) is 8.73. The van der Waals surface area contributed by atoms with Crippen LogP contribution in [0.5, 0.6) is 0 Å². The fraction of sp³-hybridized carbons (Fsp3) is 0.209. The highest BCUT2D eigenvalue weighted by atomic mass is 32.2. The second-order valence-corrected chi connectivity index (χ2v) is 16.5. The molecule has 17 heteroatoms. The zero-order valence-electron chi connectivity index (χ0n) is 32.9. The van der Waals surface area contributed by atoms with Crippen LogP contribution in [0.4, 0.5) is 16.5 Å². The number of β-lactam (4-membered cyclic amide) rings is 1. The Kier molecular flexibility index (Phi) is 12.1. The number of nitrogens with zero attached hydrogens (tertiary/aromatic N) is 5. The Morgan fingerprint density at radius 1 is 0.917 bits per heavy atom. The summed E-state index contributed by atoms with van der Waals surface area (Å²) in [5.74, 6) is -1.65. The summed E-state index contributed by atoms with van der Waals surface area (Å²) < 4.78 is 5.69. The van der Waals surface area contributed by atoms with Gasteiger partial charge in [-0.15, -0.1) is 23.1 Å². The van der Waals surface area contributed by atoms with Gasteiger partial charge in [0.25, 0.3) is 17.5 Å². The van der Waals surface area contributed by atoms with Crippen molar-refractivity contribution >= 4 is 69.3 Å². The number of thioether (sulfide) groups is 1. The topological polar surface area (TPSA) is 190 Å². The first-order valence-electron chi connectivity index (χ1n) is 18.7. The highest BCUT2D eigenvalue weighted by Crippen LogP contribution is 2.42. The van der Waals surface area contributed by atoms with Crippen molar-refractivity contribution in [1.82, 2.24) is 15.2 Å². The van der Waals surface area contributed by atoms with Gasteiger partial charge >= 0.3 is 5.97 Å². The lowest BCUT2D eigenvalue weighted by Crippen LogP contribution is -2.73. The molecule has 1 fully saturated rings. The van der Waals surface area contributed by atoms with Crippen LogP contribution < -0.4 is 16.1 Å². The molecule has 3 N–H and O–H groups in total. The maximum absolute atomic E-state index is 14.0. The third-order valence-corrected chi connectivity index (χ3v) is 11.4. The Labute approximate surface area is 353 Å².